The summed E-state index contributed by atoms with van der Waals surface area (Å²) in [5.41, 5.74) is 0.270. The van der Waals surface area contributed by atoms with Gasteiger partial charge in [0.1, 0.15) is 5.78 Å². The van der Waals surface area contributed by atoms with Gasteiger partial charge in [-0.05, 0) is 24.7 Å². The van der Waals surface area contributed by atoms with Crippen LogP contribution in [0.25, 0.3) is 0 Å². The van der Waals surface area contributed by atoms with Crippen LogP contribution in [-0.2, 0) is 4.79 Å². The molecule has 0 aliphatic heterocycles. The molecule has 1 fully saturated rings. The number of ketones is 1. The third kappa shape index (κ3) is 0.882. The first-order chi connectivity index (χ1) is 4.46. The van der Waals surface area contributed by atoms with E-state index in [0.29, 0.717) is 11.7 Å². The fourth-order valence-electron chi connectivity index (χ4n) is 1.83. The van der Waals surface area contributed by atoms with Crippen molar-refractivity contribution >= 4 is 5.78 Å². The van der Waals surface area contributed by atoms with Gasteiger partial charge in [-0.15, -0.1) is 0 Å². The Morgan fingerprint density at radius 2 is 2.00 bits per heavy atom. The van der Waals surface area contributed by atoms with E-state index in [1.807, 2.05) is 0 Å². The Kier molecular flexibility index (Phi) is 1.61. The number of rotatable bonds is 1. The van der Waals surface area contributed by atoms with Gasteiger partial charge in [0.25, 0.3) is 0 Å². The van der Waals surface area contributed by atoms with Gasteiger partial charge in [0.2, 0.25) is 0 Å². The number of carbonyl (C=O) groups is 1. The normalized spacial score (nSPS) is 36.8. The SMILES string of the molecule is CC(=O)[C@@H]1C[C@H](C)C1(C)C. The minimum Gasteiger partial charge on any atom is -0.300 e. The molecule has 1 aliphatic carbocycles. The number of carbonyl (C=O) groups excluding carboxylic acids is 1. The van der Waals surface area contributed by atoms with Gasteiger partial charge in [0, 0.05) is 5.92 Å². The van der Waals surface area contributed by atoms with Crippen LogP contribution in [0.5, 0.6) is 0 Å². The summed E-state index contributed by atoms with van der Waals surface area (Å²) in [5, 5.41) is 0. The molecule has 1 aliphatic rings. The molecule has 0 saturated heterocycles. The van der Waals surface area contributed by atoms with Gasteiger partial charge in [-0.3, -0.25) is 4.79 Å². The second-order valence-corrected chi connectivity index (χ2v) is 4.12. The van der Waals surface area contributed by atoms with E-state index < -0.39 is 0 Å². The van der Waals surface area contributed by atoms with Crippen molar-refractivity contribution in [3.05, 3.63) is 0 Å². The van der Waals surface area contributed by atoms with Gasteiger partial charge < -0.3 is 0 Å². The molecule has 0 aromatic heterocycles. The Hall–Kier alpha value is -0.330. The zero-order valence-corrected chi connectivity index (χ0v) is 7.27. The molecule has 1 saturated carbocycles. The first-order valence-corrected chi connectivity index (χ1v) is 3.96. The third-order valence-electron chi connectivity index (χ3n) is 3.25. The summed E-state index contributed by atoms with van der Waals surface area (Å²) in [6.45, 7) is 8.30. The monoisotopic (exact) mass is 140 g/mol. The molecule has 1 heteroatoms. The first kappa shape index (κ1) is 7.77. The van der Waals surface area contributed by atoms with Crippen LogP contribution in [0.15, 0.2) is 0 Å². The van der Waals surface area contributed by atoms with E-state index in [1.165, 1.54) is 0 Å². The summed E-state index contributed by atoms with van der Waals surface area (Å²) in [6, 6.07) is 0. The van der Waals surface area contributed by atoms with Crippen LogP contribution in [0.3, 0.4) is 0 Å². The highest BCUT2D eigenvalue weighted by Crippen LogP contribution is 2.51. The summed E-state index contributed by atoms with van der Waals surface area (Å²) in [6.07, 6.45) is 1.10. The van der Waals surface area contributed by atoms with E-state index in [-0.39, 0.29) is 5.41 Å². The molecule has 0 amide bonds. The molecule has 10 heavy (non-hydrogen) atoms. The molecular weight excluding hydrogens is 124 g/mol. The summed E-state index contributed by atoms with van der Waals surface area (Å²) in [5.74, 6) is 1.42. The number of hydrogen-bond acceptors (Lipinski definition) is 1. The summed E-state index contributed by atoms with van der Waals surface area (Å²) in [7, 11) is 0. The van der Waals surface area contributed by atoms with Gasteiger partial charge in [-0.1, -0.05) is 20.8 Å². The minimum atomic E-state index is 0.270. The highest BCUT2D eigenvalue weighted by atomic mass is 16.1. The van der Waals surface area contributed by atoms with E-state index in [0.717, 1.165) is 12.3 Å². The molecule has 0 unspecified atom stereocenters. The van der Waals surface area contributed by atoms with Gasteiger partial charge in [-0.2, -0.15) is 0 Å². The van der Waals surface area contributed by atoms with Gasteiger partial charge in [0.15, 0.2) is 0 Å². The van der Waals surface area contributed by atoms with Crippen molar-refractivity contribution in [2.24, 2.45) is 17.3 Å². The van der Waals surface area contributed by atoms with Crippen LogP contribution < -0.4 is 0 Å². The zero-order valence-electron chi connectivity index (χ0n) is 7.27. The summed E-state index contributed by atoms with van der Waals surface area (Å²) >= 11 is 0. The van der Waals surface area contributed by atoms with Crippen molar-refractivity contribution < 1.29 is 4.79 Å². The van der Waals surface area contributed by atoms with Crippen molar-refractivity contribution in [2.75, 3.05) is 0 Å². The molecule has 0 spiro atoms. The molecule has 2 atom stereocenters. The number of Topliss-reactive ketones (excluding diaryl/α,β-unsaturated/α-hetero) is 1. The minimum absolute atomic E-state index is 0.270. The molecule has 0 aromatic rings. The molecule has 1 nitrogen and oxygen atoms in total. The van der Waals surface area contributed by atoms with Crippen molar-refractivity contribution in [1.29, 1.82) is 0 Å². The Morgan fingerprint density at radius 1 is 1.50 bits per heavy atom. The summed E-state index contributed by atoms with van der Waals surface area (Å²) < 4.78 is 0. The lowest BCUT2D eigenvalue weighted by atomic mass is 9.54. The van der Waals surface area contributed by atoms with E-state index in [4.69, 9.17) is 0 Å². The molecule has 58 valence electrons. The Labute approximate surface area is 62.8 Å². The standard InChI is InChI=1S/C9H16O/c1-6-5-8(7(2)10)9(6,3)4/h6,8H,5H2,1-4H3/t6-,8-/m0/s1. The van der Waals surface area contributed by atoms with Gasteiger partial charge in [0.05, 0.1) is 0 Å². The maximum atomic E-state index is 11.0. The fraction of sp³-hybridized carbons (Fsp3) is 0.889. The van der Waals surface area contributed by atoms with Crippen molar-refractivity contribution in [2.45, 2.75) is 34.1 Å². The third-order valence-corrected chi connectivity index (χ3v) is 3.25. The van der Waals surface area contributed by atoms with Crippen LogP contribution >= 0.6 is 0 Å². The zero-order chi connectivity index (χ0) is 7.94. The smallest absolute Gasteiger partial charge is 0.133 e. The molecule has 0 aromatic carbocycles. The van der Waals surface area contributed by atoms with Crippen LogP contribution in [0.1, 0.15) is 34.1 Å². The second-order valence-electron chi connectivity index (χ2n) is 4.12. The topological polar surface area (TPSA) is 17.1 Å². The van der Waals surface area contributed by atoms with E-state index in [9.17, 15) is 4.79 Å². The molecule has 0 N–H and O–H groups in total. The lowest BCUT2D eigenvalue weighted by molar-refractivity contribution is -0.134. The van der Waals surface area contributed by atoms with Gasteiger partial charge >= 0.3 is 0 Å². The van der Waals surface area contributed by atoms with Crippen molar-refractivity contribution in [3.8, 4) is 0 Å². The van der Waals surface area contributed by atoms with Crippen LogP contribution in [0.4, 0.5) is 0 Å². The van der Waals surface area contributed by atoms with E-state index in [1.54, 1.807) is 6.92 Å². The molecule has 0 radical (unpaired) electrons. The molecule has 1 rings (SSSR count). The molecule has 0 heterocycles. The Balaban J connectivity index is 2.63. The van der Waals surface area contributed by atoms with Gasteiger partial charge in [-0.25, -0.2) is 0 Å². The van der Waals surface area contributed by atoms with Crippen LogP contribution in [0.2, 0.25) is 0 Å². The molecule has 0 bridgehead atoms. The highest BCUT2D eigenvalue weighted by molar-refractivity contribution is 5.80. The average molecular weight is 140 g/mol. The highest BCUT2D eigenvalue weighted by Gasteiger charge is 2.47. The van der Waals surface area contributed by atoms with Crippen molar-refractivity contribution in [3.63, 3.8) is 0 Å². The van der Waals surface area contributed by atoms with E-state index >= 15 is 0 Å². The lowest BCUT2D eigenvalue weighted by Gasteiger charge is -2.49. The average Bonchev–Trinajstić information content (AvgIpc) is 1.82. The summed E-state index contributed by atoms with van der Waals surface area (Å²) in [4.78, 5) is 11.0. The van der Waals surface area contributed by atoms with Crippen LogP contribution in [-0.4, -0.2) is 5.78 Å². The maximum absolute atomic E-state index is 11.0. The number of hydrogen-bond donors (Lipinski definition) is 0. The first-order valence-electron chi connectivity index (χ1n) is 3.96. The van der Waals surface area contributed by atoms with Crippen molar-refractivity contribution in [1.82, 2.24) is 0 Å². The lowest BCUT2D eigenvalue weighted by Crippen LogP contribution is -2.46. The fourth-order valence-corrected chi connectivity index (χ4v) is 1.83. The predicted molar refractivity (Wildman–Crippen MR) is 41.7 cm³/mol. The maximum Gasteiger partial charge on any atom is 0.133 e. The molecular formula is C9H16O. The Bertz CT molecular complexity index is 158. The second kappa shape index (κ2) is 2.08. The predicted octanol–water partition coefficient (Wildman–Crippen LogP) is 2.26. The van der Waals surface area contributed by atoms with E-state index in [2.05, 4.69) is 20.8 Å². The Morgan fingerprint density at radius 3 is 2.10 bits per heavy atom. The largest absolute Gasteiger partial charge is 0.300 e. The van der Waals surface area contributed by atoms with Crippen LogP contribution in [0, 0.1) is 17.3 Å². The quantitative estimate of drug-likeness (QED) is 0.546.